The molecule has 0 amide bonds. The maximum Gasteiger partial charge on any atom is 0.0755 e. The van der Waals surface area contributed by atoms with Crippen LogP contribution in [-0.2, 0) is 23.8 Å². The second-order valence-electron chi connectivity index (χ2n) is 9.65. The van der Waals surface area contributed by atoms with Gasteiger partial charge in [0.15, 0.2) is 0 Å². The summed E-state index contributed by atoms with van der Waals surface area (Å²) in [5.74, 6) is 0.554. The Hall–Kier alpha value is -2.31. The Balaban J connectivity index is 1.38. The number of rotatable bonds is 7. The lowest BCUT2D eigenvalue weighted by molar-refractivity contribution is 0.105. The fourth-order valence-corrected chi connectivity index (χ4v) is 7.02. The monoisotopic (exact) mass is 460 g/mol. The average Bonchev–Trinajstić information content (AvgIpc) is 3.28. The number of likely N-dealkylation sites (tertiary alicyclic amines) is 1. The van der Waals surface area contributed by atoms with Gasteiger partial charge in [0.25, 0.3) is 0 Å². The van der Waals surface area contributed by atoms with Crippen molar-refractivity contribution in [3.8, 4) is 0 Å². The van der Waals surface area contributed by atoms with E-state index in [2.05, 4.69) is 46.6 Å². The number of benzene rings is 3. The fourth-order valence-electron chi connectivity index (χ4n) is 5.56. The van der Waals surface area contributed by atoms with Crippen LogP contribution in [0.25, 0.3) is 0 Å². The normalized spacial score (nSPS) is 28.0. The fraction of sp³-hybridized carbons (Fsp3) is 0.357. The van der Waals surface area contributed by atoms with E-state index < -0.39 is 16.9 Å². The first kappa shape index (κ1) is 22.5. The van der Waals surface area contributed by atoms with E-state index in [0.29, 0.717) is 5.75 Å². The van der Waals surface area contributed by atoms with Gasteiger partial charge in [0, 0.05) is 47.8 Å². The van der Waals surface area contributed by atoms with Gasteiger partial charge in [-0.1, -0.05) is 78.4 Å². The minimum Gasteiger partial charge on any atom is -0.391 e. The molecular formula is C28H32N2O2S. The molecule has 5 heteroatoms. The van der Waals surface area contributed by atoms with Crippen molar-refractivity contribution < 1.29 is 9.32 Å². The van der Waals surface area contributed by atoms with Gasteiger partial charge in [-0.3, -0.25) is 9.11 Å². The Morgan fingerprint density at radius 1 is 0.970 bits per heavy atom. The van der Waals surface area contributed by atoms with E-state index in [4.69, 9.17) is 0 Å². The third-order valence-corrected chi connectivity index (χ3v) is 8.76. The van der Waals surface area contributed by atoms with Gasteiger partial charge < -0.3 is 10.4 Å². The molecule has 2 heterocycles. The van der Waals surface area contributed by atoms with Crippen molar-refractivity contribution in [2.24, 2.45) is 5.92 Å². The third kappa shape index (κ3) is 4.82. The molecule has 0 radical (unpaired) electrons. The number of hydrogen-bond donors (Lipinski definition) is 2. The minimum absolute atomic E-state index is 0.0358. The van der Waals surface area contributed by atoms with E-state index in [1.165, 1.54) is 16.7 Å². The Labute approximate surface area is 199 Å². The van der Waals surface area contributed by atoms with Crippen molar-refractivity contribution in [2.75, 3.05) is 18.8 Å². The third-order valence-electron chi connectivity index (χ3n) is 7.19. The number of aliphatic hydroxyl groups excluding tert-OH is 1. The standard InChI is InChI=1S/C28H32N2O2S/c1-21-12-14-24(15-13-21)33(32)20-28-19-30(17-23-10-6-3-7-11-23)18-25(28)27(31)26(29-28)16-22-8-4-2-5-9-22/h2-15,25-27,29,31H,16-20H2,1H3/t25?,26?,27-,28?,33+/m1/s1. The summed E-state index contributed by atoms with van der Waals surface area (Å²) in [6, 6.07) is 28.7. The van der Waals surface area contributed by atoms with Crippen molar-refractivity contribution in [2.45, 2.75) is 42.5 Å². The summed E-state index contributed by atoms with van der Waals surface area (Å²) in [5.41, 5.74) is 3.27. The first-order valence-electron chi connectivity index (χ1n) is 11.7. The summed E-state index contributed by atoms with van der Waals surface area (Å²) in [6.45, 7) is 4.48. The molecule has 172 valence electrons. The zero-order valence-electron chi connectivity index (χ0n) is 19.1. The Bertz CT molecular complexity index is 1090. The molecule has 33 heavy (non-hydrogen) atoms. The van der Waals surface area contributed by atoms with Crippen LogP contribution in [0.4, 0.5) is 0 Å². The lowest BCUT2D eigenvalue weighted by Crippen LogP contribution is -2.53. The van der Waals surface area contributed by atoms with Crippen LogP contribution in [0.2, 0.25) is 0 Å². The first-order valence-corrected chi connectivity index (χ1v) is 13.1. The molecule has 2 aliphatic heterocycles. The van der Waals surface area contributed by atoms with Crippen LogP contribution in [-0.4, -0.2) is 50.7 Å². The van der Waals surface area contributed by atoms with Crippen LogP contribution < -0.4 is 5.32 Å². The van der Waals surface area contributed by atoms with Gasteiger partial charge in [0.2, 0.25) is 0 Å². The molecule has 2 saturated heterocycles. The van der Waals surface area contributed by atoms with E-state index in [0.717, 1.165) is 31.0 Å². The van der Waals surface area contributed by atoms with E-state index in [1.54, 1.807) is 0 Å². The predicted molar refractivity (Wildman–Crippen MR) is 133 cm³/mol. The number of fused-ring (bicyclic) bond motifs is 1. The number of aliphatic hydroxyl groups is 1. The highest BCUT2D eigenvalue weighted by Gasteiger charge is 2.57. The number of nitrogens with one attached hydrogen (secondary N) is 1. The van der Waals surface area contributed by atoms with Gasteiger partial charge in [-0.05, 0) is 36.6 Å². The van der Waals surface area contributed by atoms with Gasteiger partial charge in [-0.2, -0.15) is 0 Å². The van der Waals surface area contributed by atoms with Gasteiger partial charge in [0.1, 0.15) is 0 Å². The highest BCUT2D eigenvalue weighted by Crippen LogP contribution is 2.40. The second-order valence-corrected chi connectivity index (χ2v) is 11.1. The zero-order chi connectivity index (χ0) is 22.8. The molecule has 0 spiro atoms. The van der Waals surface area contributed by atoms with Crippen LogP contribution >= 0.6 is 0 Å². The van der Waals surface area contributed by atoms with E-state index >= 15 is 0 Å². The SMILES string of the molecule is Cc1ccc([S@@](=O)CC23CN(Cc4ccccc4)CC2[C@@H](O)C(Cc2ccccc2)N3)cc1. The zero-order valence-corrected chi connectivity index (χ0v) is 19.9. The van der Waals surface area contributed by atoms with E-state index in [-0.39, 0.29) is 17.5 Å². The molecule has 2 fully saturated rings. The largest absolute Gasteiger partial charge is 0.391 e. The summed E-state index contributed by atoms with van der Waals surface area (Å²) in [4.78, 5) is 3.26. The second kappa shape index (κ2) is 9.51. The highest BCUT2D eigenvalue weighted by atomic mass is 32.2. The van der Waals surface area contributed by atoms with Gasteiger partial charge in [-0.25, -0.2) is 0 Å². The Morgan fingerprint density at radius 2 is 1.61 bits per heavy atom. The Morgan fingerprint density at radius 3 is 2.27 bits per heavy atom. The molecule has 5 atom stereocenters. The van der Waals surface area contributed by atoms with Crippen molar-refractivity contribution in [1.82, 2.24) is 10.2 Å². The van der Waals surface area contributed by atoms with Crippen molar-refractivity contribution in [3.63, 3.8) is 0 Å². The van der Waals surface area contributed by atoms with Crippen molar-refractivity contribution in [3.05, 3.63) is 102 Å². The topological polar surface area (TPSA) is 52.6 Å². The summed E-state index contributed by atoms with van der Waals surface area (Å²) in [5, 5.41) is 15.2. The van der Waals surface area contributed by atoms with Crippen LogP contribution in [0, 0.1) is 12.8 Å². The quantitative estimate of drug-likeness (QED) is 0.566. The molecule has 2 aliphatic rings. The average molecular weight is 461 g/mol. The summed E-state index contributed by atoms with van der Waals surface area (Å²) in [6.07, 6.45) is 0.303. The molecule has 0 saturated carbocycles. The molecule has 3 aromatic rings. The summed E-state index contributed by atoms with van der Waals surface area (Å²) in [7, 11) is -1.14. The number of hydrogen-bond acceptors (Lipinski definition) is 4. The van der Waals surface area contributed by atoms with Gasteiger partial charge in [-0.15, -0.1) is 0 Å². The molecule has 0 bridgehead atoms. The predicted octanol–water partition coefficient (Wildman–Crippen LogP) is 3.55. The Kier molecular flexibility index (Phi) is 6.48. The molecule has 0 aromatic heterocycles. The van der Waals surface area contributed by atoms with Crippen LogP contribution in [0.1, 0.15) is 16.7 Å². The minimum atomic E-state index is -1.14. The molecule has 5 rings (SSSR count). The maximum absolute atomic E-state index is 13.5. The molecule has 4 nitrogen and oxygen atoms in total. The van der Waals surface area contributed by atoms with Crippen LogP contribution in [0.5, 0.6) is 0 Å². The number of nitrogens with zero attached hydrogens (tertiary/aromatic N) is 1. The molecule has 0 aliphatic carbocycles. The van der Waals surface area contributed by atoms with Crippen molar-refractivity contribution in [1.29, 1.82) is 0 Å². The van der Waals surface area contributed by atoms with Crippen LogP contribution in [0.15, 0.2) is 89.8 Å². The number of aryl methyl sites for hydroxylation is 1. The molecule has 3 unspecified atom stereocenters. The summed E-state index contributed by atoms with van der Waals surface area (Å²) >= 11 is 0. The van der Waals surface area contributed by atoms with Crippen LogP contribution in [0.3, 0.4) is 0 Å². The van der Waals surface area contributed by atoms with Gasteiger partial charge in [0.05, 0.1) is 16.9 Å². The molecule has 3 aromatic carbocycles. The lowest BCUT2D eigenvalue weighted by atomic mass is 9.88. The van der Waals surface area contributed by atoms with Crippen molar-refractivity contribution >= 4 is 10.8 Å². The highest BCUT2D eigenvalue weighted by molar-refractivity contribution is 7.85. The lowest BCUT2D eigenvalue weighted by Gasteiger charge is -2.30. The smallest absolute Gasteiger partial charge is 0.0755 e. The van der Waals surface area contributed by atoms with E-state index in [9.17, 15) is 9.32 Å². The summed E-state index contributed by atoms with van der Waals surface area (Å²) < 4.78 is 13.5. The molecule has 2 N–H and O–H groups in total. The first-order chi connectivity index (χ1) is 16.0. The van der Waals surface area contributed by atoms with E-state index in [1.807, 2.05) is 55.5 Å². The molecular weight excluding hydrogens is 428 g/mol. The van der Waals surface area contributed by atoms with Gasteiger partial charge >= 0.3 is 0 Å². The maximum atomic E-state index is 13.5.